The Hall–Kier alpha value is -2.77. The summed E-state index contributed by atoms with van der Waals surface area (Å²) in [5.41, 5.74) is 7.71. The number of nitrogens with zero attached hydrogens (tertiary/aromatic N) is 5. The number of tetrazole rings is 1. The summed E-state index contributed by atoms with van der Waals surface area (Å²) >= 11 is 6.11. The van der Waals surface area contributed by atoms with Crippen molar-refractivity contribution >= 4 is 17.5 Å². The fourth-order valence-corrected chi connectivity index (χ4v) is 4.01. The molecule has 1 aromatic heterocycles. The van der Waals surface area contributed by atoms with Crippen molar-refractivity contribution < 1.29 is 4.79 Å². The van der Waals surface area contributed by atoms with Crippen LogP contribution >= 0.6 is 11.6 Å². The van der Waals surface area contributed by atoms with Gasteiger partial charge in [0, 0.05) is 10.9 Å². The third-order valence-corrected chi connectivity index (χ3v) is 5.71. The zero-order valence-electron chi connectivity index (χ0n) is 16.0. The number of amides is 1. The van der Waals surface area contributed by atoms with Crippen LogP contribution in [0.5, 0.6) is 0 Å². The number of rotatable bonds is 6. The number of hydrogen-bond acceptors (Lipinski definition) is 5. The molecule has 8 heteroatoms. The van der Waals surface area contributed by atoms with Crippen LogP contribution in [0.1, 0.15) is 35.8 Å². The molecule has 3 aromatic rings. The minimum absolute atomic E-state index is 0.0718. The van der Waals surface area contributed by atoms with Crippen molar-refractivity contribution in [1.82, 2.24) is 25.1 Å². The highest BCUT2D eigenvalue weighted by atomic mass is 35.5. The molecule has 0 saturated carbocycles. The molecule has 0 bridgehead atoms. The summed E-state index contributed by atoms with van der Waals surface area (Å²) in [5, 5.41) is 13.3. The molecule has 29 heavy (non-hydrogen) atoms. The van der Waals surface area contributed by atoms with Crippen LogP contribution in [0.4, 0.5) is 0 Å². The standard InChI is InChI=1S/C21H23ClN6O/c22-18-8-6-16(7-9-18)19(27-12-10-17(11-13-27)20(23)29)21-24-25-26-28(21)14-15-4-2-1-3-5-15/h1-9,17,19H,10-14H2,(H2,23,29)/t19-/m1/s1. The first-order valence-electron chi connectivity index (χ1n) is 9.70. The summed E-state index contributed by atoms with van der Waals surface area (Å²) in [7, 11) is 0. The van der Waals surface area contributed by atoms with Crippen molar-refractivity contribution in [3.63, 3.8) is 0 Å². The second kappa shape index (κ2) is 8.71. The van der Waals surface area contributed by atoms with Gasteiger partial charge in [-0.05, 0) is 59.6 Å². The highest BCUT2D eigenvalue weighted by Crippen LogP contribution is 2.32. The molecule has 1 atom stereocenters. The van der Waals surface area contributed by atoms with Crippen molar-refractivity contribution in [3.05, 3.63) is 76.6 Å². The molecule has 0 aliphatic carbocycles. The molecular weight excluding hydrogens is 388 g/mol. The van der Waals surface area contributed by atoms with Gasteiger partial charge in [-0.15, -0.1) is 5.10 Å². The van der Waals surface area contributed by atoms with Crippen LogP contribution in [-0.4, -0.2) is 44.1 Å². The molecule has 1 amide bonds. The highest BCUT2D eigenvalue weighted by Gasteiger charge is 2.32. The lowest BCUT2D eigenvalue weighted by Gasteiger charge is -2.36. The number of aromatic nitrogens is 4. The van der Waals surface area contributed by atoms with Crippen LogP contribution in [0.2, 0.25) is 5.02 Å². The minimum Gasteiger partial charge on any atom is -0.369 e. The monoisotopic (exact) mass is 410 g/mol. The lowest BCUT2D eigenvalue weighted by Crippen LogP contribution is -2.41. The number of halogens is 1. The van der Waals surface area contributed by atoms with Crippen molar-refractivity contribution in [2.45, 2.75) is 25.4 Å². The first-order valence-corrected chi connectivity index (χ1v) is 10.1. The molecule has 2 heterocycles. The quantitative estimate of drug-likeness (QED) is 0.674. The summed E-state index contributed by atoms with van der Waals surface area (Å²) in [4.78, 5) is 13.9. The molecule has 0 spiro atoms. The van der Waals surface area contributed by atoms with Gasteiger partial charge in [0.15, 0.2) is 5.82 Å². The molecule has 7 nitrogen and oxygen atoms in total. The minimum atomic E-state index is -0.221. The highest BCUT2D eigenvalue weighted by molar-refractivity contribution is 6.30. The van der Waals surface area contributed by atoms with E-state index >= 15 is 0 Å². The Bertz CT molecular complexity index is 951. The molecule has 2 N–H and O–H groups in total. The van der Waals surface area contributed by atoms with Crippen LogP contribution in [0, 0.1) is 5.92 Å². The number of piperidine rings is 1. The Morgan fingerprint density at radius 1 is 1.10 bits per heavy atom. The number of benzene rings is 2. The topological polar surface area (TPSA) is 89.9 Å². The zero-order valence-corrected chi connectivity index (χ0v) is 16.7. The Labute approximate surface area is 174 Å². The molecule has 150 valence electrons. The van der Waals surface area contributed by atoms with E-state index in [0.717, 1.165) is 42.9 Å². The predicted molar refractivity (Wildman–Crippen MR) is 110 cm³/mol. The number of hydrogen-bond donors (Lipinski definition) is 1. The van der Waals surface area contributed by atoms with Gasteiger partial charge in [0.1, 0.15) is 0 Å². The Balaban J connectivity index is 1.66. The molecule has 2 aromatic carbocycles. The average Bonchev–Trinajstić information content (AvgIpc) is 3.18. The molecule has 1 aliphatic heterocycles. The van der Waals surface area contributed by atoms with Gasteiger partial charge in [-0.25, -0.2) is 4.68 Å². The third kappa shape index (κ3) is 4.46. The first-order chi connectivity index (χ1) is 14.1. The number of carbonyl (C=O) groups excluding carboxylic acids is 1. The predicted octanol–water partition coefficient (Wildman–Crippen LogP) is 2.66. The van der Waals surface area contributed by atoms with Crippen LogP contribution < -0.4 is 5.73 Å². The van der Waals surface area contributed by atoms with Crippen LogP contribution in [0.25, 0.3) is 0 Å². The summed E-state index contributed by atoms with van der Waals surface area (Å²) in [6.07, 6.45) is 1.47. The third-order valence-electron chi connectivity index (χ3n) is 5.46. The van der Waals surface area contributed by atoms with E-state index in [-0.39, 0.29) is 17.9 Å². The van der Waals surface area contributed by atoms with Gasteiger partial charge in [0.2, 0.25) is 5.91 Å². The van der Waals surface area contributed by atoms with Gasteiger partial charge < -0.3 is 5.73 Å². The van der Waals surface area contributed by atoms with Gasteiger partial charge in [0.05, 0.1) is 12.6 Å². The van der Waals surface area contributed by atoms with Gasteiger partial charge >= 0.3 is 0 Å². The van der Waals surface area contributed by atoms with E-state index in [9.17, 15) is 4.79 Å². The Morgan fingerprint density at radius 3 is 2.45 bits per heavy atom. The maximum Gasteiger partial charge on any atom is 0.220 e. The molecule has 0 radical (unpaired) electrons. The van der Waals surface area contributed by atoms with E-state index in [1.807, 2.05) is 47.1 Å². The fourth-order valence-electron chi connectivity index (χ4n) is 3.89. The van der Waals surface area contributed by atoms with Crippen LogP contribution in [0.15, 0.2) is 54.6 Å². The van der Waals surface area contributed by atoms with E-state index < -0.39 is 0 Å². The fraction of sp³-hybridized carbons (Fsp3) is 0.333. The molecule has 0 unspecified atom stereocenters. The van der Waals surface area contributed by atoms with E-state index in [1.165, 1.54) is 0 Å². The summed E-state index contributed by atoms with van der Waals surface area (Å²) in [5.74, 6) is 0.479. The van der Waals surface area contributed by atoms with Crippen LogP contribution in [0.3, 0.4) is 0 Å². The van der Waals surface area contributed by atoms with Gasteiger partial charge in [-0.1, -0.05) is 54.1 Å². The molecule has 1 fully saturated rings. The van der Waals surface area contributed by atoms with Crippen molar-refractivity contribution in [2.75, 3.05) is 13.1 Å². The largest absolute Gasteiger partial charge is 0.369 e. The van der Waals surface area contributed by atoms with E-state index in [2.05, 4.69) is 32.6 Å². The Morgan fingerprint density at radius 2 is 1.79 bits per heavy atom. The maximum atomic E-state index is 11.6. The number of primary amides is 1. The lowest BCUT2D eigenvalue weighted by atomic mass is 9.93. The first kappa shape index (κ1) is 19.5. The average molecular weight is 411 g/mol. The van der Waals surface area contributed by atoms with Gasteiger partial charge in [-0.2, -0.15) is 0 Å². The smallest absolute Gasteiger partial charge is 0.220 e. The zero-order chi connectivity index (χ0) is 20.2. The summed E-state index contributed by atoms with van der Waals surface area (Å²) in [6.45, 7) is 2.09. The van der Waals surface area contributed by atoms with Crippen molar-refractivity contribution in [1.29, 1.82) is 0 Å². The van der Waals surface area contributed by atoms with Gasteiger partial charge in [0.25, 0.3) is 0 Å². The normalized spacial score (nSPS) is 16.6. The number of carbonyl (C=O) groups is 1. The van der Waals surface area contributed by atoms with Crippen molar-refractivity contribution in [2.24, 2.45) is 11.7 Å². The maximum absolute atomic E-state index is 11.6. The van der Waals surface area contributed by atoms with E-state index in [4.69, 9.17) is 17.3 Å². The Kier molecular flexibility index (Phi) is 5.87. The molecule has 1 aliphatic rings. The molecule has 4 rings (SSSR count). The molecular formula is C21H23ClN6O. The van der Waals surface area contributed by atoms with Gasteiger partial charge in [-0.3, -0.25) is 9.69 Å². The second-order valence-electron chi connectivity index (χ2n) is 7.35. The van der Waals surface area contributed by atoms with E-state index in [0.29, 0.717) is 11.6 Å². The van der Waals surface area contributed by atoms with Crippen LogP contribution in [-0.2, 0) is 11.3 Å². The van der Waals surface area contributed by atoms with E-state index in [1.54, 1.807) is 0 Å². The summed E-state index contributed by atoms with van der Waals surface area (Å²) in [6, 6.07) is 17.8. The molecule has 1 saturated heterocycles. The second-order valence-corrected chi connectivity index (χ2v) is 7.78. The van der Waals surface area contributed by atoms with Crippen molar-refractivity contribution in [3.8, 4) is 0 Å². The summed E-state index contributed by atoms with van der Waals surface area (Å²) < 4.78 is 1.84. The number of nitrogens with two attached hydrogens (primary N) is 1. The SMILES string of the molecule is NC(=O)C1CCN([C@H](c2ccc(Cl)cc2)c2nnnn2Cc2ccccc2)CC1. The number of likely N-dealkylation sites (tertiary alicyclic amines) is 1. The lowest BCUT2D eigenvalue weighted by molar-refractivity contribution is -0.123.